The Bertz CT molecular complexity index is 2280. The van der Waals surface area contributed by atoms with Crippen molar-refractivity contribution in [2.75, 3.05) is 40.3 Å². The highest BCUT2D eigenvalue weighted by Crippen LogP contribution is 2.42. The molecule has 2 aromatic carbocycles. The molecular weight excluding hydrogens is 781 g/mol. The lowest BCUT2D eigenvalue weighted by Crippen LogP contribution is -2.56. The number of hydrogen-bond donors (Lipinski definition) is 3. The van der Waals surface area contributed by atoms with Gasteiger partial charge in [-0.25, -0.2) is 5.43 Å². The third-order valence-electron chi connectivity index (χ3n) is 12.9. The number of benzene rings is 2. The van der Waals surface area contributed by atoms with Crippen LogP contribution in [0.15, 0.2) is 91.7 Å². The SMILES string of the molecule is C=C(NC(Cc1cc(C)cc(-c2ccc3c(c2)c(CC(C)(C)CCC(C)=O)c(-c2cnccc2CC)n3CC)c1)C(=O)N1CCCCN1)C(C(C)C)N(C)C(=C)CN(C)C(=C)CN. The molecule has 0 aliphatic carbocycles. The van der Waals surface area contributed by atoms with Crippen LogP contribution in [0.4, 0.5) is 0 Å². The molecule has 2 unspecified atom stereocenters. The number of pyridine rings is 1. The summed E-state index contributed by atoms with van der Waals surface area (Å²) in [6, 6.07) is 15.0. The minimum absolute atomic E-state index is 0.00982. The van der Waals surface area contributed by atoms with Crippen LogP contribution in [0, 0.1) is 18.3 Å². The Labute approximate surface area is 378 Å². The molecule has 2 atom stereocenters. The van der Waals surface area contributed by atoms with Gasteiger partial charge >= 0.3 is 0 Å². The van der Waals surface area contributed by atoms with E-state index in [0.29, 0.717) is 32.5 Å². The van der Waals surface area contributed by atoms with Crippen molar-refractivity contribution in [1.82, 2.24) is 35.1 Å². The van der Waals surface area contributed by atoms with Gasteiger partial charge in [-0.05, 0) is 110 Å². The topological polar surface area (TPSA) is 112 Å². The number of Topliss-reactive ketones (excluding diaryl/α,β-unsaturated/α-hetero) is 1. The second kappa shape index (κ2) is 21.5. The molecule has 1 amide bonds. The number of nitrogens with zero attached hydrogens (tertiary/aromatic N) is 5. The lowest BCUT2D eigenvalue weighted by molar-refractivity contribution is -0.137. The Hall–Kier alpha value is -5.19. The highest BCUT2D eigenvalue weighted by Gasteiger charge is 2.32. The fourth-order valence-electron chi connectivity index (χ4n) is 9.33. The molecule has 4 aromatic rings. The highest BCUT2D eigenvalue weighted by atomic mass is 16.2. The summed E-state index contributed by atoms with van der Waals surface area (Å²) in [5.41, 5.74) is 22.2. The van der Waals surface area contributed by atoms with E-state index in [4.69, 9.17) is 5.73 Å². The number of carbonyl (C=O) groups is 2. The van der Waals surface area contributed by atoms with Gasteiger partial charge < -0.3 is 30.2 Å². The third-order valence-corrected chi connectivity index (χ3v) is 12.9. The number of nitrogens with two attached hydrogens (primary N) is 1. The average molecular weight is 857 g/mol. The number of hydrazine groups is 1. The van der Waals surface area contributed by atoms with Crippen molar-refractivity contribution in [1.29, 1.82) is 0 Å². The van der Waals surface area contributed by atoms with Crippen LogP contribution in [0.2, 0.25) is 0 Å². The molecule has 1 saturated heterocycles. The fraction of sp³-hybridized carbons (Fsp3) is 0.491. The predicted octanol–water partition coefficient (Wildman–Crippen LogP) is 9.21. The summed E-state index contributed by atoms with van der Waals surface area (Å²) in [6.45, 7) is 33.4. The summed E-state index contributed by atoms with van der Waals surface area (Å²) < 4.78 is 2.45. The summed E-state index contributed by atoms with van der Waals surface area (Å²) in [6.07, 6.45) is 9.49. The number of carbonyl (C=O) groups excluding carboxylic acids is 2. The second-order valence-corrected chi connectivity index (χ2v) is 19.0. The summed E-state index contributed by atoms with van der Waals surface area (Å²) in [5.74, 6) is 0.411. The van der Waals surface area contributed by atoms with Crippen molar-refractivity contribution in [2.45, 2.75) is 119 Å². The van der Waals surface area contributed by atoms with E-state index >= 15 is 0 Å². The van der Waals surface area contributed by atoms with Crippen molar-refractivity contribution in [3.8, 4) is 22.4 Å². The van der Waals surface area contributed by atoms with E-state index in [-0.39, 0.29) is 29.1 Å². The Morgan fingerprint density at radius 3 is 2.40 bits per heavy atom. The molecule has 10 nitrogen and oxygen atoms in total. The maximum absolute atomic E-state index is 14.5. The van der Waals surface area contributed by atoms with E-state index in [0.717, 1.165) is 84.5 Å². The normalized spacial score (nSPS) is 14.1. The van der Waals surface area contributed by atoms with Crippen molar-refractivity contribution >= 4 is 22.6 Å². The molecular formula is C53H76N8O2. The van der Waals surface area contributed by atoms with Gasteiger partial charge in [0, 0.05) is 99.1 Å². The van der Waals surface area contributed by atoms with Crippen LogP contribution >= 0.6 is 0 Å². The van der Waals surface area contributed by atoms with Gasteiger partial charge in [0.1, 0.15) is 11.8 Å². The van der Waals surface area contributed by atoms with Gasteiger partial charge in [0.25, 0.3) is 5.91 Å². The second-order valence-electron chi connectivity index (χ2n) is 19.0. The quantitative estimate of drug-likeness (QED) is 0.0718. The van der Waals surface area contributed by atoms with E-state index in [1.807, 2.05) is 31.4 Å². The monoisotopic (exact) mass is 857 g/mol. The number of ketones is 1. The Balaban J connectivity index is 1.56. The zero-order chi connectivity index (χ0) is 46.2. The minimum Gasteiger partial charge on any atom is -0.376 e. The van der Waals surface area contributed by atoms with E-state index < -0.39 is 6.04 Å². The summed E-state index contributed by atoms with van der Waals surface area (Å²) >= 11 is 0. The number of likely N-dealkylation sites (N-methyl/N-ethyl adjacent to an activating group) is 2. The molecule has 1 aliphatic heterocycles. The number of hydrogen-bond acceptors (Lipinski definition) is 8. The van der Waals surface area contributed by atoms with Crippen molar-refractivity contribution in [2.24, 2.45) is 17.1 Å². The molecule has 2 aromatic heterocycles. The Kier molecular flexibility index (Phi) is 16.6. The van der Waals surface area contributed by atoms with Crippen LogP contribution in [0.1, 0.15) is 96.4 Å². The average Bonchev–Trinajstić information content (AvgIpc) is 3.55. The van der Waals surface area contributed by atoms with Crippen molar-refractivity contribution in [3.63, 3.8) is 0 Å². The van der Waals surface area contributed by atoms with E-state index in [1.165, 1.54) is 33.3 Å². The number of amides is 1. The van der Waals surface area contributed by atoms with Gasteiger partial charge in [-0.1, -0.05) is 84.2 Å². The van der Waals surface area contributed by atoms with Crippen molar-refractivity contribution < 1.29 is 9.59 Å². The maximum Gasteiger partial charge on any atom is 0.259 e. The number of aryl methyl sites for hydroxylation is 3. The molecule has 0 radical (unpaired) electrons. The van der Waals surface area contributed by atoms with Gasteiger partial charge in [-0.2, -0.15) is 0 Å². The first-order valence-corrected chi connectivity index (χ1v) is 23.1. The first-order chi connectivity index (χ1) is 29.9. The number of nitrogens with one attached hydrogen (secondary N) is 2. The zero-order valence-electron chi connectivity index (χ0n) is 40.2. The molecule has 340 valence electrons. The molecule has 0 spiro atoms. The molecule has 5 rings (SSSR count). The lowest BCUT2D eigenvalue weighted by Gasteiger charge is -2.39. The van der Waals surface area contributed by atoms with E-state index in [2.05, 4.69) is 136 Å². The van der Waals surface area contributed by atoms with Crippen LogP contribution in [-0.2, 0) is 35.4 Å². The fourth-order valence-corrected chi connectivity index (χ4v) is 9.33. The van der Waals surface area contributed by atoms with Crippen LogP contribution in [0.3, 0.4) is 0 Å². The van der Waals surface area contributed by atoms with Gasteiger partial charge in [-0.3, -0.25) is 14.8 Å². The highest BCUT2D eigenvalue weighted by molar-refractivity contribution is 5.95. The van der Waals surface area contributed by atoms with E-state index in [1.54, 1.807) is 11.9 Å². The smallest absolute Gasteiger partial charge is 0.259 e. The van der Waals surface area contributed by atoms with Gasteiger partial charge in [0.05, 0.1) is 18.3 Å². The van der Waals surface area contributed by atoms with Gasteiger partial charge in [0.15, 0.2) is 0 Å². The molecule has 10 heteroatoms. The van der Waals surface area contributed by atoms with Crippen LogP contribution < -0.4 is 16.5 Å². The zero-order valence-corrected chi connectivity index (χ0v) is 40.2. The third kappa shape index (κ3) is 11.9. The molecule has 63 heavy (non-hydrogen) atoms. The summed E-state index contributed by atoms with van der Waals surface area (Å²) in [5, 5.41) is 6.68. The maximum atomic E-state index is 14.5. The largest absolute Gasteiger partial charge is 0.376 e. The number of rotatable bonds is 22. The van der Waals surface area contributed by atoms with Gasteiger partial charge in [-0.15, -0.1) is 0 Å². The molecule has 1 aliphatic rings. The summed E-state index contributed by atoms with van der Waals surface area (Å²) in [7, 11) is 4.02. The minimum atomic E-state index is -0.555. The molecule has 4 N–H and O–H groups in total. The first kappa shape index (κ1) is 48.8. The Morgan fingerprint density at radius 1 is 1.02 bits per heavy atom. The number of aromatic nitrogens is 2. The summed E-state index contributed by atoms with van der Waals surface area (Å²) in [4.78, 5) is 35.5. The number of fused-ring (bicyclic) bond motifs is 1. The molecule has 0 bridgehead atoms. The lowest BCUT2D eigenvalue weighted by atomic mass is 9.79. The Morgan fingerprint density at radius 2 is 1.76 bits per heavy atom. The molecule has 0 saturated carbocycles. The van der Waals surface area contributed by atoms with Crippen molar-refractivity contribution in [3.05, 3.63) is 114 Å². The standard InChI is InChI=1S/C53H76N8O2/c1-14-42-21-24-55-33-47(42)51-46(31-53(10,11)22-20-39(8)62)45-30-43(18-19-49(45)60(51)15-2)44-27-36(5)26-41(28-44)29-48(52(63)61-25-17-16-23-56-61)57-40(9)50(35(3)4)59(13)38(7)34-58(12)37(6)32-54/h18-19,21,24,26-28,30,33,35,48,50,56-57H,6-7,9,14-17,20,22-23,25,29,31-32,34,54H2,1-5,8,10-13H3. The van der Waals surface area contributed by atoms with E-state index in [9.17, 15) is 9.59 Å². The first-order valence-electron chi connectivity index (χ1n) is 23.1. The van der Waals surface area contributed by atoms with Crippen LogP contribution in [0.5, 0.6) is 0 Å². The molecule has 1 fully saturated rings. The van der Waals surface area contributed by atoms with Crippen LogP contribution in [0.25, 0.3) is 33.3 Å². The van der Waals surface area contributed by atoms with Crippen LogP contribution in [-0.4, -0.2) is 88.4 Å². The molecule has 3 heterocycles. The van der Waals surface area contributed by atoms with Gasteiger partial charge in [0.2, 0.25) is 0 Å². The predicted molar refractivity (Wildman–Crippen MR) is 263 cm³/mol.